The lowest BCUT2D eigenvalue weighted by Gasteiger charge is -2.13. The van der Waals surface area contributed by atoms with E-state index in [1.807, 2.05) is 0 Å². The highest BCUT2D eigenvalue weighted by Gasteiger charge is 2.32. The van der Waals surface area contributed by atoms with E-state index in [-0.39, 0.29) is 17.8 Å². The fourth-order valence-electron chi connectivity index (χ4n) is 1.88. The average Bonchev–Trinajstić information content (AvgIpc) is 2.79. The van der Waals surface area contributed by atoms with Gasteiger partial charge >= 0.3 is 0 Å². The third-order valence-corrected chi connectivity index (χ3v) is 2.61. The van der Waals surface area contributed by atoms with E-state index in [9.17, 15) is 4.79 Å². The summed E-state index contributed by atoms with van der Waals surface area (Å²) in [7, 11) is 1.67. The number of carbonyl (C=O) groups excluding carboxylic acids is 1. The topological polar surface area (TPSA) is 126 Å². The summed E-state index contributed by atoms with van der Waals surface area (Å²) in [6, 6.07) is 0. The number of azide groups is 1. The fraction of sp³-hybridized carbons (Fsp3) is 0.625. The van der Waals surface area contributed by atoms with Gasteiger partial charge < -0.3 is 5.73 Å². The Morgan fingerprint density at radius 2 is 2.47 bits per heavy atom. The summed E-state index contributed by atoms with van der Waals surface area (Å²) in [6.45, 7) is 0.788. The Kier molecular flexibility index (Phi) is 2.84. The van der Waals surface area contributed by atoms with Crippen LogP contribution >= 0.6 is 0 Å². The van der Waals surface area contributed by atoms with Gasteiger partial charge in [0.25, 0.3) is 0 Å². The van der Waals surface area contributed by atoms with Gasteiger partial charge in [0.05, 0.1) is 0 Å². The van der Waals surface area contributed by atoms with Gasteiger partial charge in [0, 0.05) is 31.5 Å². The van der Waals surface area contributed by atoms with E-state index in [0.717, 1.165) is 0 Å². The smallest absolute Gasteiger partial charge is 0.241 e. The van der Waals surface area contributed by atoms with Crippen LogP contribution in [0.3, 0.4) is 0 Å². The molecule has 0 saturated carbocycles. The Morgan fingerprint density at radius 1 is 1.71 bits per heavy atom. The molecule has 2 heterocycles. The maximum Gasteiger partial charge on any atom is 0.241 e. The van der Waals surface area contributed by atoms with Gasteiger partial charge in [-0.25, -0.2) is 4.68 Å². The number of nitrogen functional groups attached to an aromatic ring is 1. The molecule has 0 aliphatic carbocycles. The predicted octanol–water partition coefficient (Wildman–Crippen LogP) is 0.0605. The molecular weight excluding hydrogens is 224 g/mol. The molecule has 1 aromatic rings. The number of nitrogens with two attached hydrogens (primary N) is 1. The summed E-state index contributed by atoms with van der Waals surface area (Å²) < 4.78 is 1.46. The van der Waals surface area contributed by atoms with E-state index in [1.165, 1.54) is 9.58 Å². The number of aromatic nitrogens is 3. The molecule has 1 aliphatic rings. The van der Waals surface area contributed by atoms with Crippen molar-refractivity contribution >= 4 is 17.8 Å². The summed E-state index contributed by atoms with van der Waals surface area (Å²) in [5.41, 5.74) is 13.7. The zero-order valence-electron chi connectivity index (χ0n) is 9.31. The summed E-state index contributed by atoms with van der Waals surface area (Å²) in [5, 5.41) is 7.36. The average molecular weight is 236 g/mol. The van der Waals surface area contributed by atoms with Crippen molar-refractivity contribution in [3.8, 4) is 0 Å². The Labute approximate surface area is 96.8 Å². The van der Waals surface area contributed by atoms with Gasteiger partial charge in [-0.1, -0.05) is 5.11 Å². The minimum absolute atomic E-state index is 0.0244. The lowest BCUT2D eigenvalue weighted by molar-refractivity contribution is -0.117. The van der Waals surface area contributed by atoms with E-state index >= 15 is 0 Å². The molecule has 1 unspecified atom stereocenters. The predicted molar refractivity (Wildman–Crippen MR) is 59.9 cm³/mol. The SMILES string of the molecule is Cn1nc(N)nc1N1CC(CN=[N+]=[N-])CC1=O. The van der Waals surface area contributed by atoms with Crippen LogP contribution in [0.2, 0.25) is 0 Å². The first-order valence-electron chi connectivity index (χ1n) is 5.09. The van der Waals surface area contributed by atoms with Crippen molar-refractivity contribution in [3.05, 3.63) is 10.4 Å². The van der Waals surface area contributed by atoms with Crippen LogP contribution in [-0.2, 0) is 11.8 Å². The zero-order chi connectivity index (χ0) is 12.4. The van der Waals surface area contributed by atoms with Gasteiger partial charge in [-0.3, -0.25) is 9.69 Å². The number of hydrogen-bond acceptors (Lipinski definition) is 5. The Balaban J connectivity index is 2.15. The van der Waals surface area contributed by atoms with Gasteiger partial charge in [0.1, 0.15) is 0 Å². The van der Waals surface area contributed by atoms with Gasteiger partial charge in [0.2, 0.25) is 17.8 Å². The van der Waals surface area contributed by atoms with Crippen molar-refractivity contribution < 1.29 is 4.79 Å². The maximum atomic E-state index is 11.8. The van der Waals surface area contributed by atoms with E-state index in [0.29, 0.717) is 25.5 Å². The van der Waals surface area contributed by atoms with Crippen molar-refractivity contribution in [1.29, 1.82) is 0 Å². The van der Waals surface area contributed by atoms with Crippen LogP contribution < -0.4 is 10.6 Å². The second-order valence-electron chi connectivity index (χ2n) is 3.88. The van der Waals surface area contributed by atoms with Gasteiger partial charge in [-0.05, 0) is 11.4 Å². The van der Waals surface area contributed by atoms with Crippen molar-refractivity contribution in [2.75, 3.05) is 23.7 Å². The van der Waals surface area contributed by atoms with Gasteiger partial charge in [0.15, 0.2) is 0 Å². The van der Waals surface area contributed by atoms with Crippen LogP contribution in [0, 0.1) is 5.92 Å². The molecule has 0 aromatic carbocycles. The molecule has 17 heavy (non-hydrogen) atoms. The highest BCUT2D eigenvalue weighted by atomic mass is 16.2. The number of rotatable bonds is 3. The fourth-order valence-corrected chi connectivity index (χ4v) is 1.88. The standard InChI is InChI=1S/C8H12N8O/c1-15-8(12-7(9)13-15)16-4-5(2-6(16)17)3-11-14-10/h5H,2-4H2,1H3,(H2,9,13). The molecule has 1 atom stereocenters. The molecule has 9 heteroatoms. The Hall–Kier alpha value is -2.28. The second kappa shape index (κ2) is 4.30. The van der Waals surface area contributed by atoms with Crippen LogP contribution in [0.15, 0.2) is 5.11 Å². The maximum absolute atomic E-state index is 11.8. The van der Waals surface area contributed by atoms with E-state index in [1.54, 1.807) is 7.05 Å². The lowest BCUT2D eigenvalue weighted by Crippen LogP contribution is -2.27. The van der Waals surface area contributed by atoms with Crippen molar-refractivity contribution in [2.45, 2.75) is 6.42 Å². The molecule has 1 amide bonds. The van der Waals surface area contributed by atoms with E-state index in [4.69, 9.17) is 11.3 Å². The molecule has 2 N–H and O–H groups in total. The molecule has 1 fully saturated rings. The highest BCUT2D eigenvalue weighted by Crippen LogP contribution is 2.23. The Morgan fingerprint density at radius 3 is 3.06 bits per heavy atom. The summed E-state index contributed by atoms with van der Waals surface area (Å²) in [6.07, 6.45) is 0.353. The van der Waals surface area contributed by atoms with E-state index < -0.39 is 0 Å². The summed E-state index contributed by atoms with van der Waals surface area (Å²) in [5.74, 6) is 0.527. The number of amides is 1. The number of aryl methyl sites for hydroxylation is 1. The quantitative estimate of drug-likeness (QED) is 0.452. The van der Waals surface area contributed by atoms with E-state index in [2.05, 4.69) is 20.1 Å². The molecule has 2 rings (SSSR count). The molecule has 0 spiro atoms. The first-order chi connectivity index (χ1) is 8.11. The molecule has 0 radical (unpaired) electrons. The highest BCUT2D eigenvalue weighted by molar-refractivity contribution is 5.94. The van der Waals surface area contributed by atoms with Gasteiger partial charge in [-0.2, -0.15) is 4.98 Å². The second-order valence-corrected chi connectivity index (χ2v) is 3.88. The zero-order valence-corrected chi connectivity index (χ0v) is 9.31. The third kappa shape index (κ3) is 2.13. The summed E-state index contributed by atoms with van der Waals surface area (Å²) in [4.78, 5) is 20.0. The monoisotopic (exact) mass is 236 g/mol. The minimum atomic E-state index is -0.0568. The molecule has 0 bridgehead atoms. The van der Waals surface area contributed by atoms with Gasteiger partial charge in [-0.15, -0.1) is 5.10 Å². The number of hydrogen-bond donors (Lipinski definition) is 1. The Bertz CT molecular complexity index is 488. The van der Waals surface area contributed by atoms with Crippen LogP contribution in [0.1, 0.15) is 6.42 Å². The largest absolute Gasteiger partial charge is 0.366 e. The molecular formula is C8H12N8O. The normalized spacial score (nSPS) is 19.5. The molecule has 1 aliphatic heterocycles. The van der Waals surface area contributed by atoms with Crippen molar-refractivity contribution in [3.63, 3.8) is 0 Å². The third-order valence-electron chi connectivity index (χ3n) is 2.61. The lowest BCUT2D eigenvalue weighted by atomic mass is 10.1. The number of anilines is 2. The molecule has 90 valence electrons. The first kappa shape index (κ1) is 11.2. The van der Waals surface area contributed by atoms with Crippen LogP contribution in [0.5, 0.6) is 0 Å². The number of nitrogens with zero attached hydrogens (tertiary/aromatic N) is 7. The van der Waals surface area contributed by atoms with Crippen LogP contribution in [-0.4, -0.2) is 33.8 Å². The molecule has 1 aromatic heterocycles. The molecule has 9 nitrogen and oxygen atoms in total. The first-order valence-corrected chi connectivity index (χ1v) is 5.09. The summed E-state index contributed by atoms with van der Waals surface area (Å²) >= 11 is 0. The molecule has 1 saturated heterocycles. The van der Waals surface area contributed by atoms with Crippen LogP contribution in [0.25, 0.3) is 10.4 Å². The van der Waals surface area contributed by atoms with Crippen molar-refractivity contribution in [1.82, 2.24) is 14.8 Å². The van der Waals surface area contributed by atoms with Crippen LogP contribution in [0.4, 0.5) is 11.9 Å². The van der Waals surface area contributed by atoms with Crippen molar-refractivity contribution in [2.24, 2.45) is 18.1 Å². The minimum Gasteiger partial charge on any atom is -0.366 e. The number of carbonyl (C=O) groups is 1.